The van der Waals surface area contributed by atoms with Crippen molar-refractivity contribution >= 4 is 46.0 Å². The van der Waals surface area contributed by atoms with Crippen LogP contribution in [0.2, 0.25) is 5.02 Å². The van der Waals surface area contributed by atoms with Crippen LogP contribution in [0.5, 0.6) is 0 Å². The van der Waals surface area contributed by atoms with Crippen LogP contribution in [-0.2, 0) is 14.3 Å². The number of nitrogens with one attached hydrogen (secondary N) is 1. The Bertz CT molecular complexity index is 1120. The number of anilines is 1. The number of carbonyl (C=O) groups is 3. The fourth-order valence-electron chi connectivity index (χ4n) is 4.64. The summed E-state index contributed by atoms with van der Waals surface area (Å²) in [7, 11) is 1.74. The number of aliphatic carboxylic acids is 2. The molecule has 12 nitrogen and oxygen atoms in total. The number of fused-ring (bicyclic) bond motifs is 2. The van der Waals surface area contributed by atoms with Gasteiger partial charge >= 0.3 is 11.9 Å². The Morgan fingerprint density at radius 2 is 1.84 bits per heavy atom. The highest BCUT2D eigenvalue weighted by Crippen LogP contribution is 2.51. The summed E-state index contributed by atoms with van der Waals surface area (Å²) < 4.78 is 5.12. The molecule has 202 valence electrons. The minimum atomic E-state index is -2.27. The van der Waals surface area contributed by atoms with Gasteiger partial charge in [0.15, 0.2) is 12.2 Å². The van der Waals surface area contributed by atoms with Crippen LogP contribution < -0.4 is 11.1 Å². The molecular formula is C24H31ClN4O8. The van der Waals surface area contributed by atoms with E-state index >= 15 is 0 Å². The third-order valence-corrected chi connectivity index (χ3v) is 7.01. The molecule has 1 aromatic heterocycles. The number of likely N-dealkylation sites (tertiary alicyclic amines) is 1. The van der Waals surface area contributed by atoms with Gasteiger partial charge in [0.2, 0.25) is 0 Å². The van der Waals surface area contributed by atoms with E-state index in [1.807, 2.05) is 6.07 Å². The largest absolute Gasteiger partial charge is 0.479 e. The third-order valence-electron chi connectivity index (χ3n) is 6.70. The topological polar surface area (TPSA) is 196 Å². The molecule has 13 heteroatoms. The maximum atomic E-state index is 12.7. The number of nitrogens with zero attached hydrogens (tertiary/aromatic N) is 2. The van der Waals surface area contributed by atoms with Crippen molar-refractivity contribution in [2.45, 2.75) is 18.6 Å². The predicted octanol–water partition coefficient (Wildman–Crippen LogP) is 0.292. The summed E-state index contributed by atoms with van der Waals surface area (Å²) in [5.74, 6) is -1.68. The molecule has 37 heavy (non-hydrogen) atoms. The number of hydrogen-bond donors (Lipinski definition) is 6. The van der Waals surface area contributed by atoms with Gasteiger partial charge in [-0.15, -0.1) is 0 Å². The molecule has 1 saturated carbocycles. The summed E-state index contributed by atoms with van der Waals surface area (Å²) in [5.41, 5.74) is 7.56. The van der Waals surface area contributed by atoms with Crippen molar-refractivity contribution in [1.29, 1.82) is 0 Å². The molecule has 0 bridgehead atoms. The standard InChI is InChI=1S/C20H25ClN4O2.C4H6O6/c1-27-7-3-6-25-10-15-14(16(15)11-25)9-24-20(26)13-8-17(21)18(22)12-4-2-5-23-19(12)13;5-1(3(7)8)2(6)4(9)10/h2,4-5,8,14-16H,3,6-7,9-11,22H2,1H3,(H,24,26);1-2,5-6H,(H,7,8)(H,9,10)/t;1-,2-/m.1/s1. The molecule has 4 atom stereocenters. The summed E-state index contributed by atoms with van der Waals surface area (Å²) in [6, 6.07) is 5.25. The van der Waals surface area contributed by atoms with Gasteiger partial charge in [-0.2, -0.15) is 0 Å². The lowest BCUT2D eigenvalue weighted by atomic mass is 10.1. The lowest BCUT2D eigenvalue weighted by Crippen LogP contribution is -2.39. The molecule has 4 rings (SSSR count). The number of amides is 1. The number of piperidine rings is 1. The van der Waals surface area contributed by atoms with Crippen LogP contribution in [0.1, 0.15) is 16.8 Å². The number of aromatic nitrogens is 1. The minimum Gasteiger partial charge on any atom is -0.479 e. The number of halogens is 1. The zero-order valence-corrected chi connectivity index (χ0v) is 21.0. The van der Waals surface area contributed by atoms with Gasteiger partial charge in [0.05, 0.1) is 21.8 Å². The number of methoxy groups -OCH3 is 1. The second-order valence-corrected chi connectivity index (χ2v) is 9.50. The lowest BCUT2D eigenvalue weighted by molar-refractivity contribution is -0.165. The quantitative estimate of drug-likeness (QED) is 0.180. The number of carboxylic acid groups (broad SMARTS) is 2. The number of hydrogen-bond acceptors (Lipinski definition) is 9. The van der Waals surface area contributed by atoms with E-state index in [4.69, 9.17) is 42.5 Å². The maximum Gasteiger partial charge on any atom is 0.335 e. The number of carboxylic acids is 2. The first-order valence-corrected chi connectivity index (χ1v) is 12.1. The first-order valence-electron chi connectivity index (χ1n) is 11.7. The third kappa shape index (κ3) is 6.84. The van der Waals surface area contributed by atoms with Crippen molar-refractivity contribution in [1.82, 2.24) is 15.2 Å². The van der Waals surface area contributed by atoms with Crippen LogP contribution in [0.25, 0.3) is 10.9 Å². The van der Waals surface area contributed by atoms with E-state index in [1.54, 1.807) is 25.4 Å². The van der Waals surface area contributed by atoms with Crippen molar-refractivity contribution in [3.8, 4) is 0 Å². The molecule has 1 aliphatic carbocycles. The first-order chi connectivity index (χ1) is 17.6. The number of nitrogens with two attached hydrogens (primary N) is 1. The van der Waals surface area contributed by atoms with Crippen LogP contribution in [0.3, 0.4) is 0 Å². The number of carbonyl (C=O) groups excluding carboxylic acids is 1. The number of benzene rings is 1. The van der Waals surface area contributed by atoms with Gasteiger partial charge in [-0.25, -0.2) is 9.59 Å². The molecular weight excluding hydrogens is 508 g/mol. The molecule has 0 spiro atoms. The van der Waals surface area contributed by atoms with E-state index in [9.17, 15) is 14.4 Å². The number of aliphatic hydroxyl groups is 2. The minimum absolute atomic E-state index is 0.137. The van der Waals surface area contributed by atoms with E-state index < -0.39 is 24.1 Å². The van der Waals surface area contributed by atoms with Crippen LogP contribution in [-0.4, -0.2) is 100 Å². The highest BCUT2D eigenvalue weighted by Gasteiger charge is 2.54. The Hall–Kier alpha value is -3.03. The summed E-state index contributed by atoms with van der Waals surface area (Å²) in [5, 5.41) is 36.7. The molecule has 2 fully saturated rings. The summed E-state index contributed by atoms with van der Waals surface area (Å²) >= 11 is 6.21. The summed E-state index contributed by atoms with van der Waals surface area (Å²) in [6.45, 7) is 4.88. The summed E-state index contributed by atoms with van der Waals surface area (Å²) in [6.07, 6.45) is -1.79. The van der Waals surface area contributed by atoms with Crippen LogP contribution >= 0.6 is 11.6 Å². The van der Waals surface area contributed by atoms with Gasteiger partial charge in [0.1, 0.15) is 0 Å². The normalized spacial score (nSPS) is 21.9. The van der Waals surface area contributed by atoms with Gasteiger partial charge in [-0.3, -0.25) is 9.78 Å². The average Bonchev–Trinajstić information content (AvgIpc) is 3.33. The molecule has 1 aliphatic heterocycles. The first kappa shape index (κ1) is 28.5. The van der Waals surface area contributed by atoms with E-state index in [0.29, 0.717) is 51.5 Å². The monoisotopic (exact) mass is 538 g/mol. The van der Waals surface area contributed by atoms with Crippen LogP contribution in [0, 0.1) is 17.8 Å². The van der Waals surface area contributed by atoms with E-state index in [1.165, 1.54) is 0 Å². The zero-order chi connectivity index (χ0) is 27.3. The maximum absolute atomic E-state index is 12.7. The highest BCUT2D eigenvalue weighted by molar-refractivity contribution is 6.35. The molecule has 1 saturated heterocycles. The molecule has 0 radical (unpaired) electrons. The van der Waals surface area contributed by atoms with Crippen molar-refractivity contribution in [3.05, 3.63) is 35.0 Å². The van der Waals surface area contributed by atoms with Crippen molar-refractivity contribution in [2.24, 2.45) is 17.8 Å². The Morgan fingerprint density at radius 1 is 1.22 bits per heavy atom. The molecule has 2 unspecified atom stereocenters. The zero-order valence-electron chi connectivity index (χ0n) is 20.2. The number of pyridine rings is 1. The van der Waals surface area contributed by atoms with Crippen LogP contribution in [0.4, 0.5) is 5.69 Å². The van der Waals surface area contributed by atoms with Gasteiger partial charge in [-0.05, 0) is 42.4 Å². The SMILES string of the molecule is COCCCN1CC2C(CNC(=O)c3cc(Cl)c(N)c4cccnc34)C2C1.O=C(O)[C@H](O)[C@@H](O)C(=O)O. The van der Waals surface area contributed by atoms with Gasteiger partial charge in [0.25, 0.3) is 5.91 Å². The Labute approximate surface area is 218 Å². The van der Waals surface area contributed by atoms with Gasteiger partial charge in [0, 0.05) is 51.5 Å². The Balaban J connectivity index is 0.000000325. The van der Waals surface area contributed by atoms with Crippen LogP contribution in [0.15, 0.2) is 24.4 Å². The second-order valence-electron chi connectivity index (χ2n) is 9.09. The fraction of sp³-hybridized carbons (Fsp3) is 0.500. The average molecular weight is 539 g/mol. The number of ether oxygens (including phenoxy) is 1. The molecule has 2 aliphatic rings. The van der Waals surface area contributed by atoms with Crippen molar-refractivity contribution < 1.29 is 39.5 Å². The van der Waals surface area contributed by atoms with Gasteiger partial charge < -0.3 is 41.1 Å². The number of nitrogen functional groups attached to an aromatic ring is 1. The van der Waals surface area contributed by atoms with Gasteiger partial charge in [-0.1, -0.05) is 11.6 Å². The smallest absolute Gasteiger partial charge is 0.335 e. The summed E-state index contributed by atoms with van der Waals surface area (Å²) in [4.78, 5) is 39.1. The predicted molar refractivity (Wildman–Crippen MR) is 134 cm³/mol. The Morgan fingerprint density at radius 3 is 2.41 bits per heavy atom. The Kier molecular flexibility index (Phi) is 9.62. The molecule has 2 heterocycles. The van der Waals surface area contributed by atoms with E-state index in [2.05, 4.69) is 15.2 Å². The van der Waals surface area contributed by atoms with Crippen molar-refractivity contribution in [2.75, 3.05) is 45.6 Å². The molecule has 1 amide bonds. The number of rotatable bonds is 10. The number of aliphatic hydroxyl groups excluding tert-OH is 2. The highest BCUT2D eigenvalue weighted by atomic mass is 35.5. The van der Waals surface area contributed by atoms with Crippen molar-refractivity contribution in [3.63, 3.8) is 0 Å². The van der Waals surface area contributed by atoms with E-state index in [0.717, 1.165) is 32.7 Å². The molecule has 2 aromatic rings. The lowest BCUT2D eigenvalue weighted by Gasteiger charge is -2.19. The fourth-order valence-corrected chi connectivity index (χ4v) is 4.85. The van der Waals surface area contributed by atoms with E-state index in [-0.39, 0.29) is 5.91 Å². The molecule has 1 aromatic carbocycles. The molecule has 7 N–H and O–H groups in total. The second kappa shape index (κ2) is 12.5.